The summed E-state index contributed by atoms with van der Waals surface area (Å²) in [5.74, 6) is 0.581. The van der Waals surface area contributed by atoms with Gasteiger partial charge >= 0.3 is 0 Å². The number of hydrogen-bond donors (Lipinski definition) is 0. The fourth-order valence-corrected chi connectivity index (χ4v) is 2.69. The molecule has 4 nitrogen and oxygen atoms in total. The number of rotatable bonds is 6. The minimum Gasteiger partial charge on any atom is -0.379 e. The Bertz CT molecular complexity index is 302. The van der Waals surface area contributed by atoms with Crippen molar-refractivity contribution in [3.8, 4) is 0 Å². The molecule has 2 rings (SSSR count). The molecule has 1 fully saturated rings. The summed E-state index contributed by atoms with van der Waals surface area (Å²) < 4.78 is 5.39. The zero-order valence-electron chi connectivity index (χ0n) is 9.85. The summed E-state index contributed by atoms with van der Waals surface area (Å²) in [6.07, 6.45) is 1.87. The first-order valence-corrected chi connectivity index (χ1v) is 7.32. The lowest BCUT2D eigenvalue weighted by Crippen LogP contribution is -2.47. The van der Waals surface area contributed by atoms with Crippen molar-refractivity contribution in [3.05, 3.63) is 11.6 Å². The standard InChI is InChI=1S/C11H18ClN3OS/c12-1-8-16-9-7-14-3-5-15(6-4-14)11-13-2-10-17-11/h2,10H,1,3-9H2. The maximum Gasteiger partial charge on any atom is 0.185 e. The van der Waals surface area contributed by atoms with E-state index in [0.717, 1.165) is 44.5 Å². The van der Waals surface area contributed by atoms with Gasteiger partial charge < -0.3 is 9.64 Å². The van der Waals surface area contributed by atoms with Crippen molar-refractivity contribution < 1.29 is 4.74 Å². The fourth-order valence-electron chi connectivity index (χ4n) is 1.89. The molecular weight excluding hydrogens is 258 g/mol. The molecule has 0 amide bonds. The van der Waals surface area contributed by atoms with Gasteiger partial charge in [-0.2, -0.15) is 0 Å². The molecule has 1 saturated heterocycles. The summed E-state index contributed by atoms with van der Waals surface area (Å²) in [5.41, 5.74) is 0. The van der Waals surface area contributed by atoms with Crippen molar-refractivity contribution in [2.75, 3.05) is 56.7 Å². The smallest absolute Gasteiger partial charge is 0.185 e. The minimum absolute atomic E-state index is 0.581. The largest absolute Gasteiger partial charge is 0.379 e. The van der Waals surface area contributed by atoms with Crippen molar-refractivity contribution in [2.45, 2.75) is 0 Å². The van der Waals surface area contributed by atoms with Crippen LogP contribution in [0, 0.1) is 0 Å². The highest BCUT2D eigenvalue weighted by Crippen LogP contribution is 2.18. The molecule has 17 heavy (non-hydrogen) atoms. The number of hydrogen-bond acceptors (Lipinski definition) is 5. The Kier molecular flexibility index (Phi) is 5.51. The highest BCUT2D eigenvalue weighted by molar-refractivity contribution is 7.13. The van der Waals surface area contributed by atoms with E-state index in [0.29, 0.717) is 12.5 Å². The van der Waals surface area contributed by atoms with E-state index < -0.39 is 0 Å². The van der Waals surface area contributed by atoms with Crippen LogP contribution in [0.1, 0.15) is 0 Å². The van der Waals surface area contributed by atoms with Gasteiger partial charge in [-0.05, 0) is 0 Å². The quantitative estimate of drug-likeness (QED) is 0.581. The zero-order chi connectivity index (χ0) is 11.9. The highest BCUT2D eigenvalue weighted by Gasteiger charge is 2.17. The molecule has 1 aromatic rings. The maximum absolute atomic E-state index is 5.55. The van der Waals surface area contributed by atoms with E-state index in [2.05, 4.69) is 14.8 Å². The molecule has 0 N–H and O–H groups in total. The Morgan fingerprint density at radius 1 is 1.29 bits per heavy atom. The van der Waals surface area contributed by atoms with Gasteiger partial charge in [0.2, 0.25) is 0 Å². The minimum atomic E-state index is 0.581. The van der Waals surface area contributed by atoms with Gasteiger partial charge in [0.15, 0.2) is 5.13 Å². The predicted molar refractivity (Wildman–Crippen MR) is 72.3 cm³/mol. The van der Waals surface area contributed by atoms with Crippen molar-refractivity contribution in [2.24, 2.45) is 0 Å². The molecule has 0 aliphatic carbocycles. The first-order chi connectivity index (χ1) is 8.40. The second-order valence-corrected chi connectivity index (χ2v) is 5.20. The maximum atomic E-state index is 5.55. The summed E-state index contributed by atoms with van der Waals surface area (Å²) in [7, 11) is 0. The van der Waals surface area contributed by atoms with Crippen LogP contribution in [0.2, 0.25) is 0 Å². The molecule has 96 valence electrons. The molecule has 1 aliphatic heterocycles. The molecule has 0 spiro atoms. The Hall–Kier alpha value is -0.360. The molecule has 1 aromatic heterocycles. The van der Waals surface area contributed by atoms with Crippen LogP contribution in [0.5, 0.6) is 0 Å². The van der Waals surface area contributed by atoms with Gasteiger partial charge in [-0.25, -0.2) is 4.98 Å². The monoisotopic (exact) mass is 275 g/mol. The van der Waals surface area contributed by atoms with Crippen LogP contribution >= 0.6 is 22.9 Å². The van der Waals surface area contributed by atoms with Gasteiger partial charge in [0.1, 0.15) is 0 Å². The number of alkyl halides is 1. The van der Waals surface area contributed by atoms with Crippen LogP contribution in [-0.4, -0.2) is 61.7 Å². The zero-order valence-corrected chi connectivity index (χ0v) is 11.4. The molecule has 0 atom stereocenters. The number of aromatic nitrogens is 1. The topological polar surface area (TPSA) is 28.6 Å². The van der Waals surface area contributed by atoms with E-state index in [-0.39, 0.29) is 0 Å². The lowest BCUT2D eigenvalue weighted by molar-refractivity contribution is 0.112. The number of piperazine rings is 1. The Balaban J connectivity index is 1.64. The number of nitrogens with zero attached hydrogens (tertiary/aromatic N) is 3. The molecule has 0 bridgehead atoms. The summed E-state index contributed by atoms with van der Waals surface area (Å²) in [4.78, 5) is 9.11. The van der Waals surface area contributed by atoms with Crippen LogP contribution in [0.15, 0.2) is 11.6 Å². The number of halogens is 1. The second kappa shape index (κ2) is 7.16. The summed E-state index contributed by atoms with van der Waals surface area (Å²) in [5, 5.41) is 3.17. The third kappa shape index (κ3) is 4.10. The second-order valence-electron chi connectivity index (χ2n) is 3.94. The normalized spacial score (nSPS) is 17.6. The average molecular weight is 276 g/mol. The third-order valence-corrected chi connectivity index (χ3v) is 3.82. The Labute approximate surface area is 111 Å². The van der Waals surface area contributed by atoms with Crippen LogP contribution in [0.3, 0.4) is 0 Å². The van der Waals surface area contributed by atoms with Gasteiger partial charge in [-0.3, -0.25) is 4.90 Å². The van der Waals surface area contributed by atoms with Gasteiger partial charge in [-0.1, -0.05) is 0 Å². The predicted octanol–water partition coefficient (Wildman–Crippen LogP) is 1.52. The van der Waals surface area contributed by atoms with E-state index in [1.807, 2.05) is 11.6 Å². The van der Waals surface area contributed by atoms with Crippen molar-refractivity contribution in [1.29, 1.82) is 0 Å². The van der Waals surface area contributed by atoms with Gasteiger partial charge in [0.25, 0.3) is 0 Å². The average Bonchev–Trinajstić information content (AvgIpc) is 2.89. The lowest BCUT2D eigenvalue weighted by Gasteiger charge is -2.34. The van der Waals surface area contributed by atoms with Crippen molar-refractivity contribution >= 4 is 28.1 Å². The van der Waals surface area contributed by atoms with Crippen LogP contribution in [-0.2, 0) is 4.74 Å². The van der Waals surface area contributed by atoms with Crippen molar-refractivity contribution in [1.82, 2.24) is 9.88 Å². The van der Waals surface area contributed by atoms with Crippen molar-refractivity contribution in [3.63, 3.8) is 0 Å². The molecule has 6 heteroatoms. The SMILES string of the molecule is ClCCOCCN1CCN(c2nccs2)CC1. The molecule has 0 radical (unpaired) electrons. The van der Waals surface area contributed by atoms with Gasteiger partial charge in [0.05, 0.1) is 13.2 Å². The highest BCUT2D eigenvalue weighted by atomic mass is 35.5. The Morgan fingerprint density at radius 2 is 2.12 bits per heavy atom. The molecule has 0 unspecified atom stereocenters. The summed E-state index contributed by atoms with van der Waals surface area (Å²) >= 11 is 7.26. The first kappa shape index (κ1) is 13.1. The Morgan fingerprint density at radius 3 is 2.76 bits per heavy atom. The molecule has 0 aromatic carbocycles. The van der Waals surface area contributed by atoms with E-state index >= 15 is 0 Å². The van der Waals surface area contributed by atoms with E-state index in [4.69, 9.17) is 16.3 Å². The fraction of sp³-hybridized carbons (Fsp3) is 0.727. The number of ether oxygens (including phenoxy) is 1. The summed E-state index contributed by atoms with van der Waals surface area (Å²) in [6.45, 7) is 6.73. The van der Waals surface area contributed by atoms with Crippen LogP contribution < -0.4 is 4.90 Å². The number of anilines is 1. The van der Waals surface area contributed by atoms with E-state index in [1.54, 1.807) is 11.3 Å². The molecular formula is C11H18ClN3OS. The third-order valence-electron chi connectivity index (χ3n) is 2.84. The molecule has 1 aliphatic rings. The molecule has 2 heterocycles. The summed E-state index contributed by atoms with van der Waals surface area (Å²) in [6, 6.07) is 0. The number of thiazole rings is 1. The van der Waals surface area contributed by atoms with E-state index in [9.17, 15) is 0 Å². The van der Waals surface area contributed by atoms with Gasteiger partial charge in [0, 0.05) is 50.2 Å². The van der Waals surface area contributed by atoms with E-state index in [1.165, 1.54) is 0 Å². The van der Waals surface area contributed by atoms with Crippen LogP contribution in [0.25, 0.3) is 0 Å². The molecule has 0 saturated carbocycles. The van der Waals surface area contributed by atoms with Gasteiger partial charge in [-0.15, -0.1) is 22.9 Å². The van der Waals surface area contributed by atoms with Crippen LogP contribution in [0.4, 0.5) is 5.13 Å². The lowest BCUT2D eigenvalue weighted by atomic mass is 10.3. The first-order valence-electron chi connectivity index (χ1n) is 5.90.